The SMILES string of the molecule is CC(C)NC(=O)Cn1nc2c(c1Nc1ccc(Cl)cc1)CCc1ccccc1-2. The third kappa shape index (κ3) is 3.76. The molecule has 5 nitrogen and oxygen atoms in total. The Labute approximate surface area is 169 Å². The Morgan fingerprint density at radius 1 is 1.14 bits per heavy atom. The van der Waals surface area contributed by atoms with Crippen LogP contribution in [0.15, 0.2) is 48.5 Å². The minimum absolute atomic E-state index is 0.0534. The third-order valence-electron chi connectivity index (χ3n) is 4.82. The Kier molecular flexibility index (Phi) is 5.09. The minimum atomic E-state index is -0.0534. The fraction of sp³-hybridized carbons (Fsp3) is 0.273. The van der Waals surface area contributed by atoms with Crippen LogP contribution in [0, 0.1) is 0 Å². The van der Waals surface area contributed by atoms with E-state index in [2.05, 4.69) is 28.8 Å². The van der Waals surface area contributed by atoms with Gasteiger partial charge in [-0.25, -0.2) is 4.68 Å². The molecule has 0 radical (unpaired) electrons. The second-order valence-electron chi connectivity index (χ2n) is 7.34. The van der Waals surface area contributed by atoms with Gasteiger partial charge in [-0.05, 0) is 56.5 Å². The van der Waals surface area contributed by atoms with Gasteiger partial charge in [0, 0.05) is 27.9 Å². The van der Waals surface area contributed by atoms with Gasteiger partial charge in [0.1, 0.15) is 12.4 Å². The molecule has 1 aliphatic carbocycles. The smallest absolute Gasteiger partial charge is 0.242 e. The van der Waals surface area contributed by atoms with Gasteiger partial charge in [-0.3, -0.25) is 4.79 Å². The predicted molar refractivity (Wildman–Crippen MR) is 113 cm³/mol. The monoisotopic (exact) mass is 394 g/mol. The van der Waals surface area contributed by atoms with Crippen molar-refractivity contribution in [3.05, 3.63) is 64.7 Å². The van der Waals surface area contributed by atoms with Gasteiger partial charge in [0.15, 0.2) is 0 Å². The molecule has 0 saturated heterocycles. The Hall–Kier alpha value is -2.79. The van der Waals surface area contributed by atoms with Gasteiger partial charge in [-0.2, -0.15) is 5.10 Å². The van der Waals surface area contributed by atoms with Crippen molar-refractivity contribution in [2.24, 2.45) is 0 Å². The van der Waals surface area contributed by atoms with Gasteiger partial charge in [0.25, 0.3) is 0 Å². The van der Waals surface area contributed by atoms with Crippen molar-refractivity contribution in [1.82, 2.24) is 15.1 Å². The number of carbonyl (C=O) groups excluding carboxylic acids is 1. The molecule has 0 atom stereocenters. The molecule has 1 amide bonds. The van der Waals surface area contributed by atoms with E-state index in [1.807, 2.05) is 44.2 Å². The van der Waals surface area contributed by atoms with Crippen molar-refractivity contribution in [2.75, 3.05) is 5.32 Å². The molecule has 4 rings (SSSR count). The number of fused-ring (bicyclic) bond motifs is 3. The zero-order valence-electron chi connectivity index (χ0n) is 16.0. The summed E-state index contributed by atoms with van der Waals surface area (Å²) in [4.78, 5) is 12.4. The molecule has 144 valence electrons. The van der Waals surface area contributed by atoms with E-state index < -0.39 is 0 Å². The van der Waals surface area contributed by atoms with E-state index in [1.165, 1.54) is 5.56 Å². The lowest BCUT2D eigenvalue weighted by Crippen LogP contribution is -2.33. The van der Waals surface area contributed by atoms with E-state index in [1.54, 1.807) is 4.68 Å². The van der Waals surface area contributed by atoms with Crippen molar-refractivity contribution in [2.45, 2.75) is 39.3 Å². The van der Waals surface area contributed by atoms with Crippen LogP contribution in [0.2, 0.25) is 5.02 Å². The molecule has 1 aromatic heterocycles. The topological polar surface area (TPSA) is 59.0 Å². The van der Waals surface area contributed by atoms with Crippen LogP contribution < -0.4 is 10.6 Å². The van der Waals surface area contributed by atoms with Crippen LogP contribution in [0.3, 0.4) is 0 Å². The lowest BCUT2D eigenvalue weighted by molar-refractivity contribution is -0.122. The second kappa shape index (κ2) is 7.68. The van der Waals surface area contributed by atoms with Crippen LogP contribution in [0.25, 0.3) is 11.3 Å². The zero-order chi connectivity index (χ0) is 19.7. The number of carbonyl (C=O) groups is 1. The van der Waals surface area contributed by atoms with Crippen molar-refractivity contribution in [1.29, 1.82) is 0 Å². The average molecular weight is 395 g/mol. The number of amides is 1. The number of hydrogen-bond acceptors (Lipinski definition) is 3. The summed E-state index contributed by atoms with van der Waals surface area (Å²) in [6.45, 7) is 4.08. The van der Waals surface area contributed by atoms with Crippen molar-refractivity contribution >= 4 is 29.0 Å². The van der Waals surface area contributed by atoms with Gasteiger partial charge >= 0.3 is 0 Å². The largest absolute Gasteiger partial charge is 0.352 e. The molecule has 1 heterocycles. The number of halogens is 1. The molecule has 2 N–H and O–H groups in total. The van der Waals surface area contributed by atoms with Gasteiger partial charge < -0.3 is 10.6 Å². The van der Waals surface area contributed by atoms with E-state index in [0.717, 1.165) is 41.2 Å². The molecule has 0 spiro atoms. The number of rotatable bonds is 5. The summed E-state index contributed by atoms with van der Waals surface area (Å²) in [7, 11) is 0. The highest BCUT2D eigenvalue weighted by Crippen LogP contribution is 2.37. The standard InChI is InChI=1S/C22H23ClN4O/c1-14(2)24-20(28)13-27-22(25-17-10-8-16(23)9-11-17)19-12-7-15-5-3-4-6-18(15)21(19)26-27/h3-6,8-11,14,25H,7,12-13H2,1-2H3,(H,24,28). The first kappa shape index (κ1) is 18.6. The van der Waals surface area contributed by atoms with Crippen LogP contribution >= 0.6 is 11.6 Å². The molecule has 0 bridgehead atoms. The number of aromatic nitrogens is 2. The van der Waals surface area contributed by atoms with Crippen molar-refractivity contribution < 1.29 is 4.79 Å². The van der Waals surface area contributed by atoms with Crippen LogP contribution in [0.5, 0.6) is 0 Å². The number of hydrogen-bond donors (Lipinski definition) is 2. The first-order valence-corrected chi connectivity index (χ1v) is 9.89. The fourth-order valence-electron chi connectivity index (χ4n) is 3.61. The predicted octanol–water partition coefficient (Wildman–Crippen LogP) is 4.57. The maximum absolute atomic E-state index is 12.4. The molecule has 28 heavy (non-hydrogen) atoms. The number of aryl methyl sites for hydroxylation is 1. The van der Waals surface area contributed by atoms with E-state index in [-0.39, 0.29) is 18.5 Å². The quantitative estimate of drug-likeness (QED) is 0.666. The molecule has 2 aromatic carbocycles. The highest BCUT2D eigenvalue weighted by atomic mass is 35.5. The summed E-state index contributed by atoms with van der Waals surface area (Å²) in [5, 5.41) is 11.9. The van der Waals surface area contributed by atoms with E-state index in [4.69, 9.17) is 16.7 Å². The van der Waals surface area contributed by atoms with E-state index in [0.29, 0.717) is 5.02 Å². The molecule has 0 unspecified atom stereocenters. The van der Waals surface area contributed by atoms with Gasteiger partial charge in [-0.1, -0.05) is 35.9 Å². The van der Waals surface area contributed by atoms with Gasteiger partial charge in [0.05, 0.1) is 5.69 Å². The highest BCUT2D eigenvalue weighted by molar-refractivity contribution is 6.30. The summed E-state index contributed by atoms with van der Waals surface area (Å²) in [5.41, 5.74) is 5.45. The first-order valence-electron chi connectivity index (χ1n) is 9.51. The molecule has 0 aliphatic heterocycles. The zero-order valence-corrected chi connectivity index (χ0v) is 16.8. The maximum atomic E-state index is 12.4. The molecule has 6 heteroatoms. The van der Waals surface area contributed by atoms with Crippen molar-refractivity contribution in [3.63, 3.8) is 0 Å². The number of nitrogens with zero attached hydrogens (tertiary/aromatic N) is 2. The summed E-state index contributed by atoms with van der Waals surface area (Å²) in [6, 6.07) is 16.0. The molecule has 3 aromatic rings. The normalized spacial score (nSPS) is 12.4. The summed E-state index contributed by atoms with van der Waals surface area (Å²) >= 11 is 6.02. The van der Waals surface area contributed by atoms with Gasteiger partial charge in [0.2, 0.25) is 5.91 Å². The second-order valence-corrected chi connectivity index (χ2v) is 7.78. The Balaban J connectivity index is 1.75. The fourth-order valence-corrected chi connectivity index (χ4v) is 3.74. The van der Waals surface area contributed by atoms with Crippen LogP contribution in [0.4, 0.5) is 11.5 Å². The number of anilines is 2. The van der Waals surface area contributed by atoms with Gasteiger partial charge in [-0.15, -0.1) is 0 Å². The molecule has 1 aliphatic rings. The lowest BCUT2D eigenvalue weighted by Gasteiger charge is -2.17. The van der Waals surface area contributed by atoms with Crippen LogP contribution in [-0.2, 0) is 24.2 Å². The van der Waals surface area contributed by atoms with E-state index in [9.17, 15) is 4.79 Å². The van der Waals surface area contributed by atoms with Crippen LogP contribution in [-0.4, -0.2) is 21.7 Å². The van der Waals surface area contributed by atoms with Crippen molar-refractivity contribution in [3.8, 4) is 11.3 Å². The summed E-state index contributed by atoms with van der Waals surface area (Å²) < 4.78 is 1.78. The lowest BCUT2D eigenvalue weighted by atomic mass is 9.90. The molecular formula is C22H23ClN4O. The van der Waals surface area contributed by atoms with E-state index >= 15 is 0 Å². The summed E-state index contributed by atoms with van der Waals surface area (Å²) in [5.74, 6) is 0.813. The Morgan fingerprint density at radius 2 is 1.89 bits per heavy atom. The highest BCUT2D eigenvalue weighted by Gasteiger charge is 2.25. The molecule has 0 saturated carbocycles. The Morgan fingerprint density at radius 3 is 2.64 bits per heavy atom. The Bertz CT molecular complexity index is 1010. The minimum Gasteiger partial charge on any atom is -0.352 e. The molecule has 0 fully saturated rings. The average Bonchev–Trinajstić information content (AvgIpc) is 3.00. The third-order valence-corrected chi connectivity index (χ3v) is 5.07. The summed E-state index contributed by atoms with van der Waals surface area (Å²) in [6.07, 6.45) is 1.84. The first-order chi connectivity index (χ1) is 13.5. The van der Waals surface area contributed by atoms with Crippen LogP contribution in [0.1, 0.15) is 25.0 Å². The number of benzene rings is 2. The maximum Gasteiger partial charge on any atom is 0.242 e. The number of nitrogens with one attached hydrogen (secondary N) is 2. The molecular weight excluding hydrogens is 372 g/mol.